The van der Waals surface area contributed by atoms with Crippen LogP contribution in [-0.2, 0) is 11.3 Å². The maximum atomic E-state index is 12.6. The van der Waals surface area contributed by atoms with Crippen LogP contribution >= 0.6 is 12.4 Å². The van der Waals surface area contributed by atoms with Crippen molar-refractivity contribution in [3.8, 4) is 0 Å². The van der Waals surface area contributed by atoms with Crippen LogP contribution in [0.2, 0.25) is 0 Å². The van der Waals surface area contributed by atoms with Crippen molar-refractivity contribution in [1.82, 2.24) is 10.2 Å². The van der Waals surface area contributed by atoms with Crippen LogP contribution < -0.4 is 5.32 Å². The Labute approximate surface area is 135 Å². The van der Waals surface area contributed by atoms with Crippen molar-refractivity contribution in [3.63, 3.8) is 0 Å². The maximum Gasteiger partial charge on any atom is 0.269 e. The predicted octanol–water partition coefficient (Wildman–Crippen LogP) is 2.12. The van der Waals surface area contributed by atoms with Gasteiger partial charge >= 0.3 is 0 Å². The zero-order valence-electron chi connectivity index (χ0n) is 12.3. The summed E-state index contributed by atoms with van der Waals surface area (Å²) in [6.45, 7) is 3.09. The summed E-state index contributed by atoms with van der Waals surface area (Å²) >= 11 is 0. The molecule has 0 aromatic heterocycles. The first kappa shape index (κ1) is 16.7. The Hall–Kier alpha value is -1.66. The SMILES string of the molecule is Cl.O=C1N(Cc2ccc([N+](=O)[O-])cc2)CCC12CCCNC2. The minimum absolute atomic E-state index is 0. The molecule has 1 aromatic rings. The van der Waals surface area contributed by atoms with Gasteiger partial charge in [0.15, 0.2) is 0 Å². The molecule has 2 aliphatic rings. The number of nitro groups is 1. The van der Waals surface area contributed by atoms with Crippen molar-refractivity contribution in [1.29, 1.82) is 0 Å². The van der Waals surface area contributed by atoms with Gasteiger partial charge in [-0.15, -0.1) is 12.4 Å². The minimum atomic E-state index is -0.409. The number of non-ortho nitro benzene ring substituents is 1. The minimum Gasteiger partial charge on any atom is -0.338 e. The Kier molecular flexibility index (Phi) is 5.03. The van der Waals surface area contributed by atoms with Crippen LogP contribution in [0.25, 0.3) is 0 Å². The van der Waals surface area contributed by atoms with E-state index in [0.29, 0.717) is 6.54 Å². The molecule has 22 heavy (non-hydrogen) atoms. The topological polar surface area (TPSA) is 75.5 Å². The highest BCUT2D eigenvalue weighted by Crippen LogP contribution is 2.38. The Balaban J connectivity index is 0.00000176. The van der Waals surface area contributed by atoms with E-state index in [0.717, 1.165) is 44.5 Å². The number of halogens is 1. The highest BCUT2D eigenvalue weighted by molar-refractivity contribution is 5.85. The molecule has 2 aliphatic heterocycles. The van der Waals surface area contributed by atoms with E-state index in [1.54, 1.807) is 12.1 Å². The number of hydrogen-bond donors (Lipinski definition) is 1. The van der Waals surface area contributed by atoms with Gasteiger partial charge in [-0.2, -0.15) is 0 Å². The van der Waals surface area contributed by atoms with Crippen LogP contribution in [0, 0.1) is 15.5 Å². The van der Waals surface area contributed by atoms with Gasteiger partial charge in [-0.05, 0) is 31.4 Å². The van der Waals surface area contributed by atoms with Crippen LogP contribution in [0.3, 0.4) is 0 Å². The van der Waals surface area contributed by atoms with Gasteiger partial charge in [0, 0.05) is 31.8 Å². The van der Waals surface area contributed by atoms with Crippen molar-refractivity contribution in [3.05, 3.63) is 39.9 Å². The molecule has 7 heteroatoms. The summed E-state index contributed by atoms with van der Waals surface area (Å²) in [5, 5.41) is 14.0. The molecule has 1 unspecified atom stereocenters. The van der Waals surface area contributed by atoms with Crippen LogP contribution in [0.4, 0.5) is 5.69 Å². The molecular formula is C15H20ClN3O3. The van der Waals surface area contributed by atoms with E-state index in [9.17, 15) is 14.9 Å². The summed E-state index contributed by atoms with van der Waals surface area (Å²) in [7, 11) is 0. The van der Waals surface area contributed by atoms with Crippen molar-refractivity contribution in [2.45, 2.75) is 25.8 Å². The molecule has 2 saturated heterocycles. The first-order chi connectivity index (χ1) is 10.1. The van der Waals surface area contributed by atoms with Crippen molar-refractivity contribution in [2.75, 3.05) is 19.6 Å². The smallest absolute Gasteiger partial charge is 0.269 e. The molecule has 1 atom stereocenters. The molecular weight excluding hydrogens is 306 g/mol. The molecule has 1 spiro atoms. The maximum absolute atomic E-state index is 12.6. The van der Waals surface area contributed by atoms with E-state index >= 15 is 0 Å². The summed E-state index contributed by atoms with van der Waals surface area (Å²) in [4.78, 5) is 24.8. The van der Waals surface area contributed by atoms with Crippen LogP contribution in [0.15, 0.2) is 24.3 Å². The van der Waals surface area contributed by atoms with Crippen LogP contribution in [0.5, 0.6) is 0 Å². The second-order valence-corrected chi connectivity index (χ2v) is 5.96. The molecule has 2 heterocycles. The molecule has 120 valence electrons. The average molecular weight is 326 g/mol. The van der Waals surface area contributed by atoms with Gasteiger partial charge in [0.1, 0.15) is 0 Å². The molecule has 0 aliphatic carbocycles. The Morgan fingerprint density at radius 3 is 2.59 bits per heavy atom. The van der Waals surface area contributed by atoms with Gasteiger partial charge in [0.05, 0.1) is 10.3 Å². The zero-order valence-corrected chi connectivity index (χ0v) is 13.1. The quantitative estimate of drug-likeness (QED) is 0.682. The fraction of sp³-hybridized carbons (Fsp3) is 0.533. The Morgan fingerprint density at radius 1 is 1.27 bits per heavy atom. The average Bonchev–Trinajstić information content (AvgIpc) is 2.78. The standard InChI is InChI=1S/C15H19N3O3.ClH/c19-14-15(6-1-8-16-11-15)7-9-17(14)10-12-2-4-13(5-3-12)18(20)21;/h2-5,16H,1,6-11H2;1H. The fourth-order valence-corrected chi connectivity index (χ4v) is 3.35. The fourth-order valence-electron chi connectivity index (χ4n) is 3.35. The first-order valence-electron chi connectivity index (χ1n) is 7.34. The molecule has 0 saturated carbocycles. The first-order valence-corrected chi connectivity index (χ1v) is 7.34. The lowest BCUT2D eigenvalue weighted by Gasteiger charge is -2.32. The Morgan fingerprint density at radius 2 is 2.00 bits per heavy atom. The molecule has 2 fully saturated rings. The lowest BCUT2D eigenvalue weighted by atomic mass is 9.79. The number of rotatable bonds is 3. The largest absolute Gasteiger partial charge is 0.338 e. The number of carbonyl (C=O) groups excluding carboxylic acids is 1. The number of nitrogens with one attached hydrogen (secondary N) is 1. The molecule has 3 rings (SSSR count). The van der Waals surface area contributed by atoms with Crippen molar-refractivity contribution < 1.29 is 9.72 Å². The van der Waals surface area contributed by atoms with E-state index < -0.39 is 4.92 Å². The predicted molar refractivity (Wildman–Crippen MR) is 84.9 cm³/mol. The van der Waals surface area contributed by atoms with Gasteiger partial charge in [-0.3, -0.25) is 14.9 Å². The van der Waals surface area contributed by atoms with Crippen molar-refractivity contribution in [2.24, 2.45) is 5.41 Å². The molecule has 6 nitrogen and oxygen atoms in total. The molecule has 0 bridgehead atoms. The third-order valence-corrected chi connectivity index (χ3v) is 4.59. The molecule has 1 aromatic carbocycles. The number of nitrogens with zero attached hydrogens (tertiary/aromatic N) is 2. The summed E-state index contributed by atoms with van der Waals surface area (Å²) in [5.74, 6) is 0.230. The summed E-state index contributed by atoms with van der Waals surface area (Å²) in [6.07, 6.45) is 2.93. The van der Waals surface area contributed by atoms with Gasteiger partial charge < -0.3 is 10.2 Å². The number of piperidine rings is 1. The van der Waals surface area contributed by atoms with Crippen LogP contribution in [0.1, 0.15) is 24.8 Å². The monoisotopic (exact) mass is 325 g/mol. The molecule has 1 N–H and O–H groups in total. The highest BCUT2D eigenvalue weighted by atomic mass is 35.5. The second-order valence-electron chi connectivity index (χ2n) is 5.96. The second kappa shape index (κ2) is 6.62. The number of likely N-dealkylation sites (tertiary alicyclic amines) is 1. The zero-order chi connectivity index (χ0) is 14.9. The summed E-state index contributed by atoms with van der Waals surface area (Å²) < 4.78 is 0. The summed E-state index contributed by atoms with van der Waals surface area (Å²) in [5.41, 5.74) is 0.813. The van der Waals surface area contributed by atoms with Gasteiger partial charge in [-0.1, -0.05) is 12.1 Å². The van der Waals surface area contributed by atoms with Crippen LogP contribution in [-0.4, -0.2) is 35.4 Å². The third-order valence-electron chi connectivity index (χ3n) is 4.59. The molecule has 1 amide bonds. The van der Waals surface area contributed by atoms with E-state index in [2.05, 4.69) is 5.32 Å². The van der Waals surface area contributed by atoms with E-state index in [4.69, 9.17) is 0 Å². The van der Waals surface area contributed by atoms with Crippen molar-refractivity contribution >= 4 is 24.0 Å². The lowest BCUT2D eigenvalue weighted by Crippen LogP contribution is -2.45. The number of hydrogen-bond acceptors (Lipinski definition) is 4. The number of carbonyl (C=O) groups is 1. The van der Waals surface area contributed by atoms with E-state index in [1.165, 1.54) is 12.1 Å². The Bertz CT molecular complexity index is 556. The third kappa shape index (κ3) is 3.08. The van der Waals surface area contributed by atoms with E-state index in [-0.39, 0.29) is 29.4 Å². The number of nitro benzene ring substituents is 1. The van der Waals surface area contributed by atoms with Gasteiger partial charge in [-0.25, -0.2) is 0 Å². The highest BCUT2D eigenvalue weighted by Gasteiger charge is 2.46. The number of benzene rings is 1. The van der Waals surface area contributed by atoms with Gasteiger partial charge in [0.2, 0.25) is 5.91 Å². The molecule has 0 radical (unpaired) electrons. The summed E-state index contributed by atoms with van der Waals surface area (Å²) in [6, 6.07) is 6.45. The van der Waals surface area contributed by atoms with Gasteiger partial charge in [0.25, 0.3) is 5.69 Å². The van der Waals surface area contributed by atoms with E-state index in [1.807, 2.05) is 4.90 Å². The lowest BCUT2D eigenvalue weighted by molar-refractivity contribution is -0.384. The number of amides is 1. The normalized spacial score (nSPS) is 24.4.